The van der Waals surface area contributed by atoms with Gasteiger partial charge in [-0.15, -0.1) is 0 Å². The minimum atomic E-state index is -0.102. The monoisotopic (exact) mass is 180 g/mol. The van der Waals surface area contributed by atoms with Crippen LogP contribution in [0.2, 0.25) is 0 Å². The molecule has 13 heavy (non-hydrogen) atoms. The average molecular weight is 180 g/mol. The molecule has 0 spiro atoms. The van der Waals surface area contributed by atoms with Gasteiger partial charge < -0.3 is 11.5 Å². The lowest BCUT2D eigenvalue weighted by Gasteiger charge is -1.82. The highest BCUT2D eigenvalue weighted by Gasteiger charge is 1.87. The van der Waals surface area contributed by atoms with E-state index in [1.165, 1.54) is 5.56 Å². The Morgan fingerprint density at radius 1 is 1.15 bits per heavy atom. The van der Waals surface area contributed by atoms with Gasteiger partial charge in [0.15, 0.2) is 5.78 Å². The molecule has 0 aliphatic carbocycles. The van der Waals surface area contributed by atoms with E-state index >= 15 is 0 Å². The molecule has 0 aliphatic heterocycles. The van der Waals surface area contributed by atoms with Crippen LogP contribution in [0.25, 0.3) is 0 Å². The molecule has 0 aromatic heterocycles. The van der Waals surface area contributed by atoms with Crippen molar-refractivity contribution < 1.29 is 4.79 Å². The third-order valence-corrected chi connectivity index (χ3v) is 1.40. The molecule has 3 heteroatoms. The summed E-state index contributed by atoms with van der Waals surface area (Å²) in [6, 6.07) is 10.3. The van der Waals surface area contributed by atoms with E-state index in [0.29, 0.717) is 0 Å². The molecule has 0 saturated carbocycles. The van der Waals surface area contributed by atoms with Crippen LogP contribution in [-0.4, -0.2) is 18.9 Å². The molecule has 0 amide bonds. The second-order valence-corrected chi connectivity index (χ2v) is 2.60. The number of benzene rings is 1. The van der Waals surface area contributed by atoms with Crippen molar-refractivity contribution in [2.45, 2.75) is 6.92 Å². The number of carbonyl (C=O) groups excluding carboxylic acids is 1. The molecule has 4 N–H and O–H groups in total. The summed E-state index contributed by atoms with van der Waals surface area (Å²) >= 11 is 0. The Morgan fingerprint density at radius 3 is 1.77 bits per heavy atom. The predicted octanol–water partition coefficient (Wildman–Crippen LogP) is 0.468. The van der Waals surface area contributed by atoms with E-state index in [4.69, 9.17) is 11.5 Å². The molecule has 72 valence electrons. The molecule has 3 nitrogen and oxygen atoms in total. The maximum atomic E-state index is 9.93. The van der Waals surface area contributed by atoms with E-state index in [1.807, 2.05) is 18.2 Å². The second-order valence-electron chi connectivity index (χ2n) is 2.60. The van der Waals surface area contributed by atoms with E-state index in [0.717, 1.165) is 0 Å². The largest absolute Gasteiger partial charge is 0.324 e. The Balaban J connectivity index is 0.000000226. The van der Waals surface area contributed by atoms with Crippen LogP contribution < -0.4 is 11.5 Å². The summed E-state index contributed by atoms with van der Waals surface area (Å²) in [5, 5.41) is 0. The van der Waals surface area contributed by atoms with E-state index in [9.17, 15) is 4.79 Å². The van der Waals surface area contributed by atoms with Crippen molar-refractivity contribution in [2.75, 3.05) is 13.1 Å². The number of ketones is 1. The van der Waals surface area contributed by atoms with E-state index < -0.39 is 0 Å². The summed E-state index contributed by atoms with van der Waals surface area (Å²) in [6.45, 7) is 2.22. The van der Waals surface area contributed by atoms with Crippen molar-refractivity contribution >= 4 is 5.78 Å². The second kappa shape index (κ2) is 7.46. The zero-order chi connectivity index (χ0) is 10.1. The zero-order valence-corrected chi connectivity index (χ0v) is 7.86. The third kappa shape index (κ3) is 7.18. The van der Waals surface area contributed by atoms with Crippen LogP contribution >= 0.6 is 0 Å². The number of carbonyl (C=O) groups is 1. The fraction of sp³-hybridized carbons (Fsp3) is 0.300. The number of hydrogen-bond donors (Lipinski definition) is 2. The maximum Gasteiger partial charge on any atom is 0.159 e. The predicted molar refractivity (Wildman–Crippen MR) is 54.3 cm³/mol. The van der Waals surface area contributed by atoms with Crippen LogP contribution in [0, 0.1) is 6.92 Å². The molecule has 0 fully saturated rings. The Morgan fingerprint density at radius 2 is 1.62 bits per heavy atom. The molecule has 0 bridgehead atoms. The molecule has 1 aromatic rings. The molecule has 1 rings (SSSR count). The normalized spacial score (nSPS) is 8.54. The van der Waals surface area contributed by atoms with Gasteiger partial charge in [-0.1, -0.05) is 35.9 Å². The van der Waals surface area contributed by atoms with E-state index in [1.54, 1.807) is 0 Å². The van der Waals surface area contributed by atoms with Crippen molar-refractivity contribution in [1.82, 2.24) is 0 Å². The maximum absolute atomic E-state index is 9.93. The number of aryl methyl sites for hydroxylation is 1. The molecule has 1 aromatic carbocycles. The van der Waals surface area contributed by atoms with Gasteiger partial charge in [0.1, 0.15) is 0 Å². The van der Waals surface area contributed by atoms with Gasteiger partial charge in [-0.25, -0.2) is 0 Å². The van der Waals surface area contributed by atoms with Crippen LogP contribution in [0.1, 0.15) is 5.56 Å². The summed E-state index contributed by atoms with van der Waals surface area (Å²) in [4.78, 5) is 9.93. The highest BCUT2D eigenvalue weighted by atomic mass is 16.1. The summed E-state index contributed by atoms with van der Waals surface area (Å²) < 4.78 is 0. The summed E-state index contributed by atoms with van der Waals surface area (Å²) in [6.07, 6.45) is 0. The van der Waals surface area contributed by atoms with Crippen LogP contribution in [0.5, 0.6) is 0 Å². The molecule has 0 heterocycles. The van der Waals surface area contributed by atoms with Crippen LogP contribution in [0.15, 0.2) is 30.3 Å². The van der Waals surface area contributed by atoms with Gasteiger partial charge in [0, 0.05) is 0 Å². The minimum absolute atomic E-state index is 0.0660. The number of rotatable bonds is 2. The first-order valence-corrected chi connectivity index (χ1v) is 4.14. The van der Waals surface area contributed by atoms with Crippen molar-refractivity contribution in [1.29, 1.82) is 0 Å². The van der Waals surface area contributed by atoms with E-state index in [2.05, 4.69) is 19.1 Å². The Labute approximate surface area is 78.7 Å². The Bertz CT molecular complexity index is 228. The van der Waals surface area contributed by atoms with Crippen molar-refractivity contribution in [3.8, 4) is 0 Å². The molecular formula is C10H16N2O. The molecule has 0 aliphatic rings. The highest BCUT2D eigenvalue weighted by Crippen LogP contribution is 1.92. The van der Waals surface area contributed by atoms with Crippen molar-refractivity contribution in [3.63, 3.8) is 0 Å². The highest BCUT2D eigenvalue weighted by molar-refractivity contribution is 5.81. The van der Waals surface area contributed by atoms with Crippen LogP contribution in [0.4, 0.5) is 0 Å². The van der Waals surface area contributed by atoms with Gasteiger partial charge in [0.25, 0.3) is 0 Å². The number of Topliss-reactive ketones (excluding diaryl/α,β-unsaturated/α-hetero) is 1. The Hall–Kier alpha value is -1.19. The van der Waals surface area contributed by atoms with Crippen LogP contribution in [-0.2, 0) is 4.79 Å². The average Bonchev–Trinajstić information content (AvgIpc) is 2.19. The number of nitrogens with two attached hydrogens (primary N) is 2. The minimum Gasteiger partial charge on any atom is -0.324 e. The Kier molecular flexibility index (Phi) is 6.78. The van der Waals surface area contributed by atoms with Gasteiger partial charge in [-0.2, -0.15) is 0 Å². The van der Waals surface area contributed by atoms with Gasteiger partial charge in [0.2, 0.25) is 0 Å². The lowest BCUT2D eigenvalue weighted by molar-refractivity contribution is -0.116. The molecular weight excluding hydrogens is 164 g/mol. The lowest BCUT2D eigenvalue weighted by Crippen LogP contribution is -2.22. The van der Waals surface area contributed by atoms with Gasteiger partial charge in [0.05, 0.1) is 13.1 Å². The summed E-state index contributed by atoms with van der Waals surface area (Å²) in [7, 11) is 0. The number of hydrogen-bond acceptors (Lipinski definition) is 3. The topological polar surface area (TPSA) is 69.1 Å². The van der Waals surface area contributed by atoms with Crippen LogP contribution in [0.3, 0.4) is 0 Å². The summed E-state index contributed by atoms with van der Waals surface area (Å²) in [5.74, 6) is -0.102. The smallest absolute Gasteiger partial charge is 0.159 e. The standard InChI is InChI=1S/C7H8.C3H8N2O/c1-7-5-3-2-4-6-7;4-1-3(6)2-5/h2-6H,1H3;1-2,4-5H2. The first-order chi connectivity index (χ1) is 6.20. The van der Waals surface area contributed by atoms with Crippen molar-refractivity contribution in [3.05, 3.63) is 35.9 Å². The fourth-order valence-corrected chi connectivity index (χ4v) is 0.618. The van der Waals surface area contributed by atoms with Gasteiger partial charge in [-0.05, 0) is 6.92 Å². The van der Waals surface area contributed by atoms with Gasteiger partial charge >= 0.3 is 0 Å². The first kappa shape index (κ1) is 11.8. The van der Waals surface area contributed by atoms with E-state index in [-0.39, 0.29) is 18.9 Å². The SMILES string of the molecule is Cc1ccccc1.NCC(=O)CN. The summed E-state index contributed by atoms with van der Waals surface area (Å²) in [5.41, 5.74) is 11.0. The molecule has 0 atom stereocenters. The molecule has 0 unspecified atom stereocenters. The fourth-order valence-electron chi connectivity index (χ4n) is 0.618. The van der Waals surface area contributed by atoms with Gasteiger partial charge in [-0.3, -0.25) is 4.79 Å². The third-order valence-electron chi connectivity index (χ3n) is 1.40. The zero-order valence-electron chi connectivity index (χ0n) is 7.86. The quantitative estimate of drug-likeness (QED) is 0.695. The molecule has 0 saturated heterocycles. The van der Waals surface area contributed by atoms with Crippen molar-refractivity contribution in [2.24, 2.45) is 11.5 Å². The first-order valence-electron chi connectivity index (χ1n) is 4.14. The molecule has 0 radical (unpaired) electrons. The lowest BCUT2D eigenvalue weighted by atomic mass is 10.2.